The van der Waals surface area contributed by atoms with Gasteiger partial charge in [-0.25, -0.2) is 0 Å². The van der Waals surface area contributed by atoms with Crippen molar-refractivity contribution in [3.8, 4) is 0 Å². The molecule has 2 bridgehead atoms. The van der Waals surface area contributed by atoms with E-state index in [2.05, 4.69) is 45.1 Å². The van der Waals surface area contributed by atoms with Crippen LogP contribution in [-0.4, -0.2) is 48.7 Å². The Bertz CT molecular complexity index is 369. The predicted molar refractivity (Wildman–Crippen MR) is 69.1 cm³/mol. The highest BCUT2D eigenvalue weighted by Gasteiger charge is 2.38. The second kappa shape index (κ2) is 4.13. The normalized spacial score (nSPS) is 32.9. The molecule has 3 heterocycles. The molecule has 0 spiro atoms. The fourth-order valence-corrected chi connectivity index (χ4v) is 3.44. The molecular weight excluding hydrogens is 264 g/mol. The van der Waals surface area contributed by atoms with E-state index >= 15 is 0 Å². The lowest BCUT2D eigenvalue weighted by atomic mass is 10.1. The Kier molecular flexibility index (Phi) is 2.78. The third-order valence-electron chi connectivity index (χ3n) is 4.08. The standard InChI is InChI=1S/C13H18BrN2/c14-13-3-1-2-12(10-13)11-16-7-4-15(5-8-16)6-9-16/h1-3,10H,4-9,11H2/q+1. The SMILES string of the molecule is Brc1cccc(C[N+]23CCN(CC2)CC3)c1. The molecule has 86 valence electrons. The predicted octanol–water partition coefficient (Wildman–Crippen LogP) is 2.10. The zero-order chi connectivity index (χ0) is 11.0. The zero-order valence-electron chi connectivity index (χ0n) is 9.53. The van der Waals surface area contributed by atoms with Crippen molar-refractivity contribution in [3.05, 3.63) is 34.3 Å². The van der Waals surface area contributed by atoms with E-state index < -0.39 is 0 Å². The van der Waals surface area contributed by atoms with Crippen LogP contribution in [-0.2, 0) is 6.54 Å². The molecule has 2 nitrogen and oxygen atoms in total. The summed E-state index contributed by atoms with van der Waals surface area (Å²) in [5.41, 5.74) is 1.48. The van der Waals surface area contributed by atoms with Gasteiger partial charge in [-0.2, -0.15) is 0 Å². The van der Waals surface area contributed by atoms with Crippen LogP contribution in [0.25, 0.3) is 0 Å². The lowest BCUT2D eigenvalue weighted by Gasteiger charge is -2.50. The van der Waals surface area contributed by atoms with Gasteiger partial charge in [-0.1, -0.05) is 28.1 Å². The Morgan fingerprint density at radius 2 is 1.81 bits per heavy atom. The van der Waals surface area contributed by atoms with Crippen LogP contribution in [0, 0.1) is 0 Å². The van der Waals surface area contributed by atoms with E-state index in [0.29, 0.717) is 0 Å². The number of benzene rings is 1. The van der Waals surface area contributed by atoms with E-state index in [1.54, 1.807) is 0 Å². The Morgan fingerprint density at radius 3 is 2.44 bits per heavy atom. The fourth-order valence-electron chi connectivity index (χ4n) is 2.99. The maximum absolute atomic E-state index is 3.56. The van der Waals surface area contributed by atoms with Crippen LogP contribution in [0.1, 0.15) is 5.56 Å². The van der Waals surface area contributed by atoms with Crippen LogP contribution in [0.5, 0.6) is 0 Å². The zero-order valence-corrected chi connectivity index (χ0v) is 11.1. The number of hydrogen-bond acceptors (Lipinski definition) is 1. The maximum Gasteiger partial charge on any atom is 0.105 e. The molecule has 3 saturated heterocycles. The van der Waals surface area contributed by atoms with Crippen LogP contribution >= 0.6 is 15.9 Å². The molecule has 1 aromatic rings. The van der Waals surface area contributed by atoms with Crippen molar-refractivity contribution in [2.75, 3.05) is 39.3 Å². The molecule has 0 aliphatic carbocycles. The molecule has 3 aliphatic rings. The second-order valence-corrected chi connectivity index (χ2v) is 6.06. The number of piperazine rings is 3. The van der Waals surface area contributed by atoms with Gasteiger partial charge in [0.1, 0.15) is 6.54 Å². The van der Waals surface area contributed by atoms with Crippen molar-refractivity contribution in [2.45, 2.75) is 6.54 Å². The second-order valence-electron chi connectivity index (χ2n) is 5.14. The van der Waals surface area contributed by atoms with Crippen molar-refractivity contribution in [1.29, 1.82) is 0 Å². The van der Waals surface area contributed by atoms with Gasteiger partial charge in [-0.05, 0) is 12.1 Å². The lowest BCUT2D eigenvalue weighted by molar-refractivity contribution is -0.953. The molecule has 0 aromatic heterocycles. The average Bonchev–Trinajstić information content (AvgIpc) is 2.31. The molecule has 0 N–H and O–H groups in total. The van der Waals surface area contributed by atoms with Gasteiger partial charge in [0, 0.05) is 29.7 Å². The molecule has 3 aliphatic heterocycles. The molecule has 0 atom stereocenters. The monoisotopic (exact) mass is 281 g/mol. The van der Waals surface area contributed by atoms with Crippen molar-refractivity contribution in [3.63, 3.8) is 0 Å². The van der Waals surface area contributed by atoms with Gasteiger partial charge >= 0.3 is 0 Å². The molecule has 0 unspecified atom stereocenters. The van der Waals surface area contributed by atoms with Gasteiger partial charge in [-0.15, -0.1) is 0 Å². The van der Waals surface area contributed by atoms with Crippen LogP contribution in [0.15, 0.2) is 28.7 Å². The number of rotatable bonds is 2. The fraction of sp³-hybridized carbons (Fsp3) is 0.538. The lowest BCUT2D eigenvalue weighted by Crippen LogP contribution is -2.66. The summed E-state index contributed by atoms with van der Waals surface area (Å²) in [7, 11) is 0. The van der Waals surface area contributed by atoms with E-state index in [0.717, 1.165) is 0 Å². The topological polar surface area (TPSA) is 3.24 Å². The number of nitrogens with zero attached hydrogens (tertiary/aromatic N) is 2. The summed E-state index contributed by atoms with van der Waals surface area (Å²) in [6, 6.07) is 8.79. The number of hydrogen-bond donors (Lipinski definition) is 0. The third-order valence-corrected chi connectivity index (χ3v) is 4.57. The molecule has 4 rings (SSSR count). The van der Waals surface area contributed by atoms with Crippen LogP contribution in [0.4, 0.5) is 0 Å². The van der Waals surface area contributed by atoms with Gasteiger partial charge in [-0.3, -0.25) is 4.90 Å². The van der Waals surface area contributed by atoms with E-state index in [4.69, 9.17) is 0 Å². The molecule has 0 amide bonds. The Morgan fingerprint density at radius 1 is 1.12 bits per heavy atom. The first-order valence-corrected chi connectivity index (χ1v) is 6.87. The first kappa shape index (κ1) is 10.8. The van der Waals surface area contributed by atoms with Gasteiger partial charge in [0.15, 0.2) is 0 Å². The van der Waals surface area contributed by atoms with Crippen LogP contribution in [0.3, 0.4) is 0 Å². The molecule has 3 heteroatoms. The first-order valence-electron chi connectivity index (χ1n) is 6.08. The van der Waals surface area contributed by atoms with Crippen molar-refractivity contribution >= 4 is 15.9 Å². The summed E-state index contributed by atoms with van der Waals surface area (Å²) >= 11 is 3.56. The average molecular weight is 282 g/mol. The van der Waals surface area contributed by atoms with E-state index in [-0.39, 0.29) is 0 Å². The summed E-state index contributed by atoms with van der Waals surface area (Å²) in [6.45, 7) is 9.13. The summed E-state index contributed by atoms with van der Waals surface area (Å²) in [4.78, 5) is 2.60. The minimum atomic E-state index is 1.21. The molecular formula is C13H18BrN2+. The Labute approximate surface area is 106 Å². The van der Waals surface area contributed by atoms with E-state index in [9.17, 15) is 0 Å². The molecule has 3 fully saturated rings. The van der Waals surface area contributed by atoms with Crippen molar-refractivity contribution in [1.82, 2.24) is 4.90 Å². The largest absolute Gasteiger partial charge is 0.317 e. The number of halogens is 1. The highest BCUT2D eigenvalue weighted by molar-refractivity contribution is 9.10. The Balaban J connectivity index is 1.78. The van der Waals surface area contributed by atoms with Gasteiger partial charge in [0.2, 0.25) is 0 Å². The summed E-state index contributed by atoms with van der Waals surface area (Å²) in [5, 5.41) is 0. The van der Waals surface area contributed by atoms with Crippen molar-refractivity contribution in [2.24, 2.45) is 0 Å². The summed E-state index contributed by atoms with van der Waals surface area (Å²) in [6.07, 6.45) is 0. The van der Waals surface area contributed by atoms with Gasteiger partial charge < -0.3 is 4.48 Å². The minimum absolute atomic E-state index is 1.21. The smallest absolute Gasteiger partial charge is 0.105 e. The number of fused-ring (bicyclic) bond motifs is 3. The molecule has 0 saturated carbocycles. The van der Waals surface area contributed by atoms with Gasteiger partial charge in [0.05, 0.1) is 19.6 Å². The van der Waals surface area contributed by atoms with Crippen LogP contribution < -0.4 is 0 Å². The van der Waals surface area contributed by atoms with E-state index in [1.807, 2.05) is 0 Å². The minimum Gasteiger partial charge on any atom is -0.317 e. The highest BCUT2D eigenvalue weighted by Crippen LogP contribution is 2.24. The maximum atomic E-state index is 3.56. The quantitative estimate of drug-likeness (QED) is 0.751. The van der Waals surface area contributed by atoms with Crippen LogP contribution in [0.2, 0.25) is 0 Å². The highest BCUT2D eigenvalue weighted by atomic mass is 79.9. The molecule has 0 radical (unpaired) electrons. The number of quaternary nitrogens is 1. The summed E-state index contributed by atoms with van der Waals surface area (Å²) < 4.78 is 2.52. The first-order chi connectivity index (χ1) is 7.76. The Hall–Kier alpha value is -0.380. The third kappa shape index (κ3) is 2.04. The molecule has 16 heavy (non-hydrogen) atoms. The van der Waals surface area contributed by atoms with Gasteiger partial charge in [0.25, 0.3) is 0 Å². The van der Waals surface area contributed by atoms with E-state index in [1.165, 1.54) is 60.3 Å². The van der Waals surface area contributed by atoms with Crippen molar-refractivity contribution < 1.29 is 4.48 Å². The summed E-state index contributed by atoms with van der Waals surface area (Å²) in [5.74, 6) is 0. The molecule has 1 aromatic carbocycles.